The van der Waals surface area contributed by atoms with Crippen LogP contribution in [0.2, 0.25) is 0 Å². The van der Waals surface area contributed by atoms with Gasteiger partial charge in [0.1, 0.15) is 5.82 Å². The van der Waals surface area contributed by atoms with Crippen molar-refractivity contribution >= 4 is 0 Å². The fourth-order valence-corrected chi connectivity index (χ4v) is 3.55. The standard InChI is InChI=1S/C23H22FN/c1-16-2-4-19(5-3-16)22-11-10-20(14-23(22)24)17-6-8-18(9-7-17)21-12-13-25-15-21/h2-11,14,21,25H,12-13,15H2,1H3. The summed E-state index contributed by atoms with van der Waals surface area (Å²) in [7, 11) is 0. The Morgan fingerprint density at radius 1 is 0.840 bits per heavy atom. The number of hydrogen-bond donors (Lipinski definition) is 1. The molecule has 0 aromatic heterocycles. The minimum Gasteiger partial charge on any atom is -0.316 e. The van der Waals surface area contributed by atoms with E-state index in [2.05, 4.69) is 29.6 Å². The highest BCUT2D eigenvalue weighted by Gasteiger charge is 2.16. The summed E-state index contributed by atoms with van der Waals surface area (Å²) >= 11 is 0. The Balaban J connectivity index is 1.60. The van der Waals surface area contributed by atoms with Gasteiger partial charge in [0.05, 0.1) is 0 Å². The summed E-state index contributed by atoms with van der Waals surface area (Å²) in [6.07, 6.45) is 1.19. The third-order valence-corrected chi connectivity index (χ3v) is 5.11. The third kappa shape index (κ3) is 3.35. The van der Waals surface area contributed by atoms with Crippen molar-refractivity contribution in [3.8, 4) is 22.3 Å². The van der Waals surface area contributed by atoms with Crippen LogP contribution in [-0.2, 0) is 0 Å². The van der Waals surface area contributed by atoms with E-state index in [1.165, 1.54) is 17.5 Å². The van der Waals surface area contributed by atoms with E-state index in [0.717, 1.165) is 29.8 Å². The van der Waals surface area contributed by atoms with E-state index in [4.69, 9.17) is 0 Å². The molecule has 4 rings (SSSR count). The Bertz CT molecular complexity index is 860. The normalized spacial score (nSPS) is 17.0. The molecule has 2 heteroatoms. The molecule has 1 aliphatic heterocycles. The summed E-state index contributed by atoms with van der Waals surface area (Å²) in [5.41, 5.74) is 6.09. The lowest BCUT2D eigenvalue weighted by Crippen LogP contribution is -2.07. The minimum absolute atomic E-state index is 0.176. The topological polar surface area (TPSA) is 12.0 Å². The molecular weight excluding hydrogens is 309 g/mol. The van der Waals surface area contributed by atoms with E-state index in [9.17, 15) is 4.39 Å². The van der Waals surface area contributed by atoms with Gasteiger partial charge in [0.2, 0.25) is 0 Å². The van der Waals surface area contributed by atoms with Gasteiger partial charge in [-0.1, -0.05) is 66.2 Å². The molecule has 0 amide bonds. The summed E-state index contributed by atoms with van der Waals surface area (Å²) in [4.78, 5) is 0. The van der Waals surface area contributed by atoms with Gasteiger partial charge in [0.15, 0.2) is 0 Å². The van der Waals surface area contributed by atoms with E-state index in [1.807, 2.05) is 43.3 Å². The molecule has 0 saturated carbocycles. The van der Waals surface area contributed by atoms with Gasteiger partial charge >= 0.3 is 0 Å². The van der Waals surface area contributed by atoms with Crippen molar-refractivity contribution < 1.29 is 4.39 Å². The monoisotopic (exact) mass is 331 g/mol. The Morgan fingerprint density at radius 2 is 1.52 bits per heavy atom. The van der Waals surface area contributed by atoms with Gasteiger partial charge in [0, 0.05) is 12.1 Å². The SMILES string of the molecule is Cc1ccc(-c2ccc(-c3ccc(C4CCNC4)cc3)cc2F)cc1. The van der Waals surface area contributed by atoms with Crippen molar-refractivity contribution in [1.82, 2.24) is 5.32 Å². The van der Waals surface area contributed by atoms with Crippen LogP contribution in [0.4, 0.5) is 4.39 Å². The van der Waals surface area contributed by atoms with Crippen molar-refractivity contribution in [1.29, 1.82) is 0 Å². The Labute approximate surface area is 148 Å². The first-order valence-corrected chi connectivity index (χ1v) is 8.88. The first kappa shape index (κ1) is 16.0. The highest BCUT2D eigenvalue weighted by molar-refractivity contribution is 5.71. The fraction of sp³-hybridized carbons (Fsp3) is 0.217. The maximum absolute atomic E-state index is 14.6. The predicted molar refractivity (Wildman–Crippen MR) is 102 cm³/mol. The number of rotatable bonds is 3. The lowest BCUT2D eigenvalue weighted by molar-refractivity contribution is 0.632. The average molecular weight is 331 g/mol. The molecule has 0 aliphatic carbocycles. The largest absolute Gasteiger partial charge is 0.316 e. The minimum atomic E-state index is -0.176. The van der Waals surface area contributed by atoms with Crippen LogP contribution in [0, 0.1) is 12.7 Å². The van der Waals surface area contributed by atoms with Gasteiger partial charge in [-0.15, -0.1) is 0 Å². The maximum Gasteiger partial charge on any atom is 0.131 e. The van der Waals surface area contributed by atoms with E-state index in [0.29, 0.717) is 11.5 Å². The predicted octanol–water partition coefficient (Wildman–Crippen LogP) is 5.55. The fourth-order valence-electron chi connectivity index (χ4n) is 3.55. The van der Waals surface area contributed by atoms with E-state index >= 15 is 0 Å². The quantitative estimate of drug-likeness (QED) is 0.664. The van der Waals surface area contributed by atoms with Gasteiger partial charge in [-0.2, -0.15) is 0 Å². The Hall–Kier alpha value is -2.45. The third-order valence-electron chi connectivity index (χ3n) is 5.11. The molecular formula is C23H22FN. The molecule has 0 spiro atoms. The highest BCUT2D eigenvalue weighted by atomic mass is 19.1. The molecule has 3 aromatic carbocycles. The molecule has 3 aromatic rings. The molecule has 126 valence electrons. The smallest absolute Gasteiger partial charge is 0.131 e. The van der Waals surface area contributed by atoms with E-state index in [-0.39, 0.29) is 5.82 Å². The van der Waals surface area contributed by atoms with Crippen molar-refractivity contribution in [3.05, 3.63) is 83.7 Å². The summed E-state index contributed by atoms with van der Waals surface area (Å²) in [5, 5.41) is 3.40. The lowest BCUT2D eigenvalue weighted by atomic mass is 9.94. The molecule has 1 fully saturated rings. The number of benzene rings is 3. The van der Waals surface area contributed by atoms with Crippen LogP contribution in [-0.4, -0.2) is 13.1 Å². The summed E-state index contributed by atoms with van der Waals surface area (Å²) in [6.45, 7) is 4.19. The molecule has 25 heavy (non-hydrogen) atoms. The summed E-state index contributed by atoms with van der Waals surface area (Å²) < 4.78 is 14.6. The molecule has 1 saturated heterocycles. The molecule has 1 N–H and O–H groups in total. The van der Waals surface area contributed by atoms with Crippen LogP contribution in [0.1, 0.15) is 23.5 Å². The van der Waals surface area contributed by atoms with Crippen molar-refractivity contribution in [2.24, 2.45) is 0 Å². The molecule has 0 bridgehead atoms. The van der Waals surface area contributed by atoms with Gasteiger partial charge in [-0.05, 0) is 54.1 Å². The number of aryl methyl sites for hydroxylation is 1. The molecule has 1 nitrogen and oxygen atoms in total. The average Bonchev–Trinajstić information content (AvgIpc) is 3.17. The Morgan fingerprint density at radius 3 is 2.16 bits per heavy atom. The highest BCUT2D eigenvalue weighted by Crippen LogP contribution is 2.30. The number of halogens is 1. The van der Waals surface area contributed by atoms with Crippen LogP contribution in [0.15, 0.2) is 66.7 Å². The first-order chi connectivity index (χ1) is 12.2. The zero-order chi connectivity index (χ0) is 17.2. The van der Waals surface area contributed by atoms with Crippen LogP contribution in [0.25, 0.3) is 22.3 Å². The Kier molecular flexibility index (Phi) is 4.37. The molecule has 1 atom stereocenters. The second-order valence-electron chi connectivity index (χ2n) is 6.87. The zero-order valence-corrected chi connectivity index (χ0v) is 14.4. The van der Waals surface area contributed by atoms with Crippen LogP contribution >= 0.6 is 0 Å². The van der Waals surface area contributed by atoms with Gasteiger partial charge in [0.25, 0.3) is 0 Å². The molecule has 0 radical (unpaired) electrons. The van der Waals surface area contributed by atoms with Crippen LogP contribution < -0.4 is 5.32 Å². The van der Waals surface area contributed by atoms with Crippen molar-refractivity contribution in [3.63, 3.8) is 0 Å². The van der Waals surface area contributed by atoms with Gasteiger partial charge in [-0.25, -0.2) is 4.39 Å². The summed E-state index contributed by atoms with van der Waals surface area (Å²) in [6, 6.07) is 22.1. The number of hydrogen-bond acceptors (Lipinski definition) is 1. The first-order valence-electron chi connectivity index (χ1n) is 8.88. The van der Waals surface area contributed by atoms with E-state index in [1.54, 1.807) is 6.07 Å². The molecule has 1 heterocycles. The van der Waals surface area contributed by atoms with E-state index < -0.39 is 0 Å². The maximum atomic E-state index is 14.6. The second-order valence-corrected chi connectivity index (χ2v) is 6.87. The second kappa shape index (κ2) is 6.81. The van der Waals surface area contributed by atoms with Crippen LogP contribution in [0.5, 0.6) is 0 Å². The van der Waals surface area contributed by atoms with Gasteiger partial charge in [-0.3, -0.25) is 0 Å². The number of nitrogens with one attached hydrogen (secondary N) is 1. The molecule has 1 unspecified atom stereocenters. The van der Waals surface area contributed by atoms with Crippen molar-refractivity contribution in [2.45, 2.75) is 19.3 Å². The van der Waals surface area contributed by atoms with Crippen LogP contribution in [0.3, 0.4) is 0 Å². The van der Waals surface area contributed by atoms with Gasteiger partial charge < -0.3 is 5.32 Å². The van der Waals surface area contributed by atoms with Crippen molar-refractivity contribution in [2.75, 3.05) is 13.1 Å². The lowest BCUT2D eigenvalue weighted by Gasteiger charge is -2.11. The molecule has 1 aliphatic rings. The zero-order valence-electron chi connectivity index (χ0n) is 14.4. The summed E-state index contributed by atoms with van der Waals surface area (Å²) in [5.74, 6) is 0.431.